The maximum atomic E-state index is 12.3. The Kier molecular flexibility index (Phi) is 6.87. The predicted molar refractivity (Wildman–Crippen MR) is 96.8 cm³/mol. The fourth-order valence-electron chi connectivity index (χ4n) is 2.95. The Morgan fingerprint density at radius 2 is 2.04 bits per heavy atom. The van der Waals surface area contributed by atoms with Gasteiger partial charge in [-0.1, -0.05) is 30.9 Å². The lowest BCUT2D eigenvalue weighted by Crippen LogP contribution is -2.52. The van der Waals surface area contributed by atoms with Gasteiger partial charge in [0, 0.05) is 5.02 Å². The van der Waals surface area contributed by atoms with Crippen molar-refractivity contribution in [2.45, 2.75) is 57.6 Å². The minimum Gasteiger partial charge on any atom is -0.482 e. The van der Waals surface area contributed by atoms with E-state index in [9.17, 15) is 14.9 Å². The molecule has 0 saturated heterocycles. The van der Waals surface area contributed by atoms with Crippen molar-refractivity contribution >= 4 is 23.5 Å². The maximum Gasteiger partial charge on any atom is 0.344 e. The van der Waals surface area contributed by atoms with Crippen LogP contribution in [0.15, 0.2) is 18.2 Å². The van der Waals surface area contributed by atoms with E-state index in [1.165, 1.54) is 6.92 Å². The molecule has 1 N–H and O–H groups in total. The normalized spacial score (nSPS) is 16.8. The lowest BCUT2D eigenvalue weighted by atomic mass is 9.83. The molecule has 0 radical (unpaired) electrons. The molecule has 1 amide bonds. The zero-order valence-corrected chi connectivity index (χ0v) is 15.8. The number of carbonyl (C=O) groups is 2. The Morgan fingerprint density at radius 1 is 1.35 bits per heavy atom. The fourth-order valence-corrected chi connectivity index (χ4v) is 3.18. The SMILES string of the molecule is Cc1cc(Cl)ccc1OCC(=O)O[C@@H](C)C(=O)NC1(C#N)CCCCC1. The molecule has 0 aromatic heterocycles. The minimum atomic E-state index is -0.996. The number of esters is 1. The lowest BCUT2D eigenvalue weighted by molar-refractivity contribution is -0.157. The van der Waals surface area contributed by atoms with Gasteiger partial charge in [0.1, 0.15) is 11.3 Å². The highest BCUT2D eigenvalue weighted by molar-refractivity contribution is 6.30. The summed E-state index contributed by atoms with van der Waals surface area (Å²) in [5.41, 5.74) is -0.0585. The molecule has 2 rings (SSSR count). The van der Waals surface area contributed by atoms with Gasteiger partial charge in [-0.25, -0.2) is 4.79 Å². The van der Waals surface area contributed by atoms with E-state index in [1.54, 1.807) is 18.2 Å². The van der Waals surface area contributed by atoms with Crippen molar-refractivity contribution in [3.05, 3.63) is 28.8 Å². The largest absolute Gasteiger partial charge is 0.482 e. The standard InChI is InChI=1S/C19H23ClN2O4/c1-13-10-15(20)6-7-16(13)25-11-17(23)26-14(2)18(24)22-19(12-21)8-4-3-5-9-19/h6-7,10,14H,3-5,8-9,11H2,1-2H3,(H,22,24)/t14-/m0/s1. The molecule has 0 heterocycles. The molecular formula is C19H23ClN2O4. The molecule has 0 bridgehead atoms. The van der Waals surface area contributed by atoms with Crippen LogP contribution in [0.4, 0.5) is 0 Å². The highest BCUT2D eigenvalue weighted by atomic mass is 35.5. The quantitative estimate of drug-likeness (QED) is 0.767. The lowest BCUT2D eigenvalue weighted by Gasteiger charge is -2.32. The number of nitrogens with zero attached hydrogens (tertiary/aromatic N) is 1. The van der Waals surface area contributed by atoms with Crippen LogP contribution in [0.3, 0.4) is 0 Å². The molecule has 1 aliphatic rings. The molecule has 7 heteroatoms. The molecule has 1 aromatic carbocycles. The summed E-state index contributed by atoms with van der Waals surface area (Å²) in [6, 6.07) is 7.26. The number of amides is 1. The second-order valence-electron chi connectivity index (χ2n) is 6.57. The van der Waals surface area contributed by atoms with Crippen LogP contribution in [0.2, 0.25) is 5.02 Å². The highest BCUT2D eigenvalue weighted by Crippen LogP contribution is 2.27. The van der Waals surface area contributed by atoms with Crippen LogP contribution < -0.4 is 10.1 Å². The number of hydrogen-bond donors (Lipinski definition) is 1. The molecule has 140 valence electrons. The second kappa shape index (κ2) is 8.91. The van der Waals surface area contributed by atoms with E-state index >= 15 is 0 Å². The van der Waals surface area contributed by atoms with Gasteiger partial charge >= 0.3 is 5.97 Å². The number of aryl methyl sites for hydroxylation is 1. The van der Waals surface area contributed by atoms with Crippen LogP contribution in [0.25, 0.3) is 0 Å². The molecule has 6 nitrogen and oxygen atoms in total. The molecule has 0 spiro atoms. The number of nitriles is 1. The van der Waals surface area contributed by atoms with E-state index in [2.05, 4.69) is 11.4 Å². The van der Waals surface area contributed by atoms with Crippen LogP contribution in [0, 0.1) is 18.3 Å². The minimum absolute atomic E-state index is 0.316. The summed E-state index contributed by atoms with van der Waals surface area (Å²) in [7, 11) is 0. The van der Waals surface area contributed by atoms with Crippen LogP contribution in [-0.4, -0.2) is 30.1 Å². The Labute approximate surface area is 158 Å². The maximum absolute atomic E-state index is 12.3. The molecule has 0 unspecified atom stereocenters. The smallest absolute Gasteiger partial charge is 0.344 e. The summed E-state index contributed by atoms with van der Waals surface area (Å²) >= 11 is 5.87. The van der Waals surface area contributed by atoms with E-state index in [4.69, 9.17) is 21.1 Å². The average Bonchev–Trinajstić information content (AvgIpc) is 2.61. The molecule has 0 aliphatic heterocycles. The molecule has 1 aromatic rings. The van der Waals surface area contributed by atoms with Gasteiger partial charge in [0.05, 0.1) is 6.07 Å². The Balaban J connectivity index is 1.84. The third-order valence-corrected chi connectivity index (χ3v) is 4.68. The number of carbonyl (C=O) groups excluding carboxylic acids is 2. The van der Waals surface area contributed by atoms with Crippen molar-refractivity contribution in [3.63, 3.8) is 0 Å². The van der Waals surface area contributed by atoms with E-state index in [0.29, 0.717) is 23.6 Å². The van der Waals surface area contributed by atoms with Crippen LogP contribution in [0.1, 0.15) is 44.6 Å². The van der Waals surface area contributed by atoms with Crippen molar-refractivity contribution < 1.29 is 19.1 Å². The van der Waals surface area contributed by atoms with Crippen molar-refractivity contribution in [1.29, 1.82) is 5.26 Å². The molecule has 1 saturated carbocycles. The molecule has 1 atom stereocenters. The van der Waals surface area contributed by atoms with E-state index in [1.807, 2.05) is 6.92 Å². The Hall–Kier alpha value is -2.26. The van der Waals surface area contributed by atoms with Crippen LogP contribution >= 0.6 is 11.6 Å². The second-order valence-corrected chi connectivity index (χ2v) is 7.01. The number of halogens is 1. The van der Waals surface area contributed by atoms with E-state index in [-0.39, 0.29) is 6.61 Å². The number of rotatable bonds is 6. The molecular weight excluding hydrogens is 356 g/mol. The summed E-state index contributed by atoms with van der Waals surface area (Å²) in [5, 5.41) is 12.7. The third-order valence-electron chi connectivity index (χ3n) is 4.44. The first-order valence-electron chi connectivity index (χ1n) is 8.67. The molecule has 1 fully saturated rings. The monoisotopic (exact) mass is 378 g/mol. The highest BCUT2D eigenvalue weighted by Gasteiger charge is 2.35. The predicted octanol–water partition coefficient (Wildman–Crippen LogP) is 3.30. The van der Waals surface area contributed by atoms with Gasteiger partial charge in [-0.15, -0.1) is 0 Å². The van der Waals surface area contributed by atoms with Gasteiger partial charge in [0.2, 0.25) is 0 Å². The molecule has 26 heavy (non-hydrogen) atoms. The van der Waals surface area contributed by atoms with Gasteiger partial charge < -0.3 is 14.8 Å². The van der Waals surface area contributed by atoms with Crippen molar-refractivity contribution in [3.8, 4) is 11.8 Å². The van der Waals surface area contributed by atoms with Gasteiger partial charge in [0.15, 0.2) is 12.7 Å². The van der Waals surface area contributed by atoms with E-state index in [0.717, 1.165) is 24.8 Å². The topological polar surface area (TPSA) is 88.4 Å². The zero-order chi connectivity index (χ0) is 19.2. The van der Waals surface area contributed by atoms with Crippen LogP contribution in [-0.2, 0) is 14.3 Å². The molecule has 1 aliphatic carbocycles. The number of ether oxygens (including phenoxy) is 2. The zero-order valence-electron chi connectivity index (χ0n) is 15.0. The van der Waals surface area contributed by atoms with Crippen molar-refractivity contribution in [2.75, 3.05) is 6.61 Å². The first kappa shape index (κ1) is 20.1. The Morgan fingerprint density at radius 3 is 2.65 bits per heavy atom. The summed E-state index contributed by atoms with van der Waals surface area (Å²) in [6.07, 6.45) is 3.10. The fraction of sp³-hybridized carbons (Fsp3) is 0.526. The average molecular weight is 379 g/mol. The van der Waals surface area contributed by atoms with Crippen molar-refractivity contribution in [2.24, 2.45) is 0 Å². The van der Waals surface area contributed by atoms with Crippen LogP contribution in [0.5, 0.6) is 5.75 Å². The summed E-state index contributed by atoms with van der Waals surface area (Å²) in [6.45, 7) is 2.98. The first-order chi connectivity index (χ1) is 12.3. The first-order valence-corrected chi connectivity index (χ1v) is 9.05. The van der Waals surface area contributed by atoms with Gasteiger partial charge in [-0.2, -0.15) is 5.26 Å². The summed E-state index contributed by atoms with van der Waals surface area (Å²) in [5.74, 6) is -0.602. The van der Waals surface area contributed by atoms with Gasteiger partial charge in [-0.05, 0) is 50.5 Å². The summed E-state index contributed by atoms with van der Waals surface area (Å²) < 4.78 is 10.5. The third kappa shape index (κ3) is 5.37. The van der Waals surface area contributed by atoms with Gasteiger partial charge in [0.25, 0.3) is 5.91 Å². The van der Waals surface area contributed by atoms with Gasteiger partial charge in [-0.3, -0.25) is 4.79 Å². The van der Waals surface area contributed by atoms with E-state index < -0.39 is 23.5 Å². The Bertz CT molecular complexity index is 708. The summed E-state index contributed by atoms with van der Waals surface area (Å²) in [4.78, 5) is 24.2. The number of hydrogen-bond acceptors (Lipinski definition) is 5. The number of benzene rings is 1. The van der Waals surface area contributed by atoms with Crippen molar-refractivity contribution in [1.82, 2.24) is 5.32 Å². The number of nitrogens with one attached hydrogen (secondary N) is 1.